The number of rotatable bonds is 2. The number of aromatic amines is 1. The number of nitrogens with two attached hydrogens (primary N) is 1. The van der Waals surface area contributed by atoms with Crippen LogP contribution in [0.5, 0.6) is 0 Å². The highest BCUT2D eigenvalue weighted by Crippen LogP contribution is 2.33. The second-order valence-electron chi connectivity index (χ2n) is 6.66. The number of nitrogens with zero attached hydrogens (tertiary/aromatic N) is 5. The molecule has 0 amide bonds. The Bertz CT molecular complexity index is 1300. The molecule has 2 aromatic carbocycles. The Morgan fingerprint density at radius 1 is 1.07 bits per heavy atom. The molecule has 7 heteroatoms. The van der Waals surface area contributed by atoms with E-state index >= 15 is 0 Å². The van der Waals surface area contributed by atoms with Gasteiger partial charge in [-0.25, -0.2) is 9.97 Å². The summed E-state index contributed by atoms with van der Waals surface area (Å²) in [7, 11) is 2.04. The number of anilines is 1. The lowest BCUT2D eigenvalue weighted by molar-refractivity contribution is 0.940. The van der Waals surface area contributed by atoms with Gasteiger partial charge in [0.05, 0.1) is 22.9 Å². The lowest BCUT2D eigenvalue weighted by atomic mass is 10.0. The second kappa shape index (κ2) is 5.63. The van der Waals surface area contributed by atoms with Gasteiger partial charge in [0.2, 0.25) is 0 Å². The van der Waals surface area contributed by atoms with Crippen molar-refractivity contribution < 1.29 is 0 Å². The van der Waals surface area contributed by atoms with E-state index in [4.69, 9.17) is 15.7 Å². The summed E-state index contributed by atoms with van der Waals surface area (Å²) in [4.78, 5) is 9.61. The van der Waals surface area contributed by atoms with Crippen LogP contribution in [0.3, 0.4) is 0 Å². The van der Waals surface area contributed by atoms with Gasteiger partial charge in [-0.3, -0.25) is 5.10 Å². The zero-order valence-electron chi connectivity index (χ0n) is 14.9. The van der Waals surface area contributed by atoms with Crippen molar-refractivity contribution in [2.75, 3.05) is 5.73 Å². The zero-order chi connectivity index (χ0) is 18.5. The van der Waals surface area contributed by atoms with Gasteiger partial charge in [0.25, 0.3) is 0 Å². The number of hydrogen-bond donors (Lipinski definition) is 2. The third kappa shape index (κ3) is 2.43. The van der Waals surface area contributed by atoms with Crippen molar-refractivity contribution in [3.63, 3.8) is 0 Å². The summed E-state index contributed by atoms with van der Waals surface area (Å²) >= 11 is 0. The van der Waals surface area contributed by atoms with Crippen LogP contribution >= 0.6 is 0 Å². The van der Waals surface area contributed by atoms with Crippen LogP contribution in [-0.2, 0) is 7.05 Å². The topological polar surface area (TPSA) is 98.3 Å². The highest BCUT2D eigenvalue weighted by molar-refractivity contribution is 5.97. The number of H-pyrrole nitrogens is 1. The normalized spacial score (nSPS) is 11.5. The minimum atomic E-state index is 0.649. The molecule has 27 heavy (non-hydrogen) atoms. The van der Waals surface area contributed by atoms with Crippen LogP contribution < -0.4 is 5.73 Å². The first-order chi connectivity index (χ1) is 13.1. The lowest BCUT2D eigenvalue weighted by Crippen LogP contribution is -1.98. The van der Waals surface area contributed by atoms with Crippen molar-refractivity contribution in [1.82, 2.24) is 29.9 Å². The molecule has 0 aliphatic rings. The first-order valence-electron chi connectivity index (χ1n) is 8.60. The van der Waals surface area contributed by atoms with Gasteiger partial charge in [-0.2, -0.15) is 0 Å². The fourth-order valence-corrected chi connectivity index (χ4v) is 3.48. The molecule has 0 aliphatic carbocycles. The van der Waals surface area contributed by atoms with E-state index in [-0.39, 0.29) is 0 Å². The van der Waals surface area contributed by atoms with Gasteiger partial charge in [-0.05, 0) is 42.1 Å². The summed E-state index contributed by atoms with van der Waals surface area (Å²) in [6.45, 7) is 1.93. The van der Waals surface area contributed by atoms with Gasteiger partial charge in [-0.1, -0.05) is 17.3 Å². The van der Waals surface area contributed by atoms with Crippen LogP contribution in [0.15, 0.2) is 48.8 Å². The molecule has 132 valence electrons. The molecule has 0 saturated heterocycles. The van der Waals surface area contributed by atoms with E-state index in [2.05, 4.69) is 50.4 Å². The molecule has 3 heterocycles. The Kier molecular flexibility index (Phi) is 3.24. The number of nitrogens with one attached hydrogen (secondary N) is 1. The number of aromatic nitrogens is 6. The van der Waals surface area contributed by atoms with Gasteiger partial charge in [0, 0.05) is 30.0 Å². The Balaban J connectivity index is 1.78. The molecule has 7 nitrogen and oxygen atoms in total. The number of aryl methyl sites for hydroxylation is 2. The smallest absolute Gasteiger partial charge is 0.112 e. The van der Waals surface area contributed by atoms with Gasteiger partial charge >= 0.3 is 0 Å². The summed E-state index contributed by atoms with van der Waals surface area (Å²) < 4.78 is 2.10. The predicted octanol–water partition coefficient (Wildman–Crippen LogP) is 3.46. The maximum Gasteiger partial charge on any atom is 0.112 e. The van der Waals surface area contributed by atoms with E-state index in [1.165, 1.54) is 5.39 Å². The molecule has 5 rings (SSSR count). The summed E-state index contributed by atoms with van der Waals surface area (Å²) in [6, 6.07) is 12.3. The van der Waals surface area contributed by atoms with Gasteiger partial charge < -0.3 is 10.3 Å². The predicted molar refractivity (Wildman–Crippen MR) is 106 cm³/mol. The quantitative estimate of drug-likeness (QED) is 0.473. The highest BCUT2D eigenvalue weighted by Gasteiger charge is 2.14. The molecule has 0 fully saturated rings. The molecule has 3 aromatic heterocycles. The third-order valence-corrected chi connectivity index (χ3v) is 4.84. The number of benzene rings is 2. The molecule has 0 radical (unpaired) electrons. The number of hydrogen-bond acceptors (Lipinski definition) is 5. The van der Waals surface area contributed by atoms with Crippen molar-refractivity contribution in [3.05, 3.63) is 54.5 Å². The van der Waals surface area contributed by atoms with Gasteiger partial charge in [-0.15, -0.1) is 5.10 Å². The Hall–Kier alpha value is -3.74. The minimum absolute atomic E-state index is 0.649. The maximum atomic E-state index is 6.19. The van der Waals surface area contributed by atoms with Crippen LogP contribution in [0, 0.1) is 6.92 Å². The molecule has 0 saturated carbocycles. The molecule has 0 atom stereocenters. The van der Waals surface area contributed by atoms with E-state index in [0.29, 0.717) is 5.69 Å². The maximum absolute atomic E-state index is 6.19. The van der Waals surface area contributed by atoms with Crippen LogP contribution in [0.4, 0.5) is 5.69 Å². The van der Waals surface area contributed by atoms with Gasteiger partial charge in [0.15, 0.2) is 0 Å². The largest absolute Gasteiger partial charge is 0.399 e. The fourth-order valence-electron chi connectivity index (χ4n) is 3.48. The van der Waals surface area contributed by atoms with E-state index in [9.17, 15) is 0 Å². The summed E-state index contributed by atoms with van der Waals surface area (Å²) in [6.07, 6.45) is 3.69. The molecule has 0 unspecified atom stereocenters. The van der Waals surface area contributed by atoms with E-state index in [0.717, 1.165) is 44.8 Å². The Labute approximate surface area is 154 Å². The average molecular weight is 355 g/mol. The molecule has 0 spiro atoms. The standard InChI is InChI=1S/C20H17N7/c1-11-19(17-10-22-26-25-17)24-16-9-14(21)8-15(20(16)23-11)13-4-3-12-5-6-27(2)18(12)7-13/h3-10H,21H2,1-2H3,(H,22,25,26). The number of fused-ring (bicyclic) bond motifs is 2. The highest BCUT2D eigenvalue weighted by atomic mass is 15.3. The van der Waals surface area contributed by atoms with Gasteiger partial charge in [0.1, 0.15) is 11.4 Å². The van der Waals surface area contributed by atoms with Crippen LogP contribution in [0.2, 0.25) is 0 Å². The van der Waals surface area contributed by atoms with Crippen molar-refractivity contribution >= 4 is 27.6 Å². The van der Waals surface area contributed by atoms with Crippen LogP contribution in [0.1, 0.15) is 5.69 Å². The summed E-state index contributed by atoms with van der Waals surface area (Å²) in [5, 5.41) is 11.6. The average Bonchev–Trinajstić information content (AvgIpc) is 3.31. The van der Waals surface area contributed by atoms with Crippen LogP contribution in [0.25, 0.3) is 44.5 Å². The molecule has 5 aromatic rings. The van der Waals surface area contributed by atoms with Crippen molar-refractivity contribution in [2.45, 2.75) is 6.92 Å². The zero-order valence-corrected chi connectivity index (χ0v) is 14.9. The molecule has 3 N–H and O–H groups in total. The lowest BCUT2D eigenvalue weighted by Gasteiger charge is -2.11. The summed E-state index contributed by atoms with van der Waals surface area (Å²) in [5.74, 6) is 0. The van der Waals surface area contributed by atoms with Crippen molar-refractivity contribution in [2.24, 2.45) is 7.05 Å². The minimum Gasteiger partial charge on any atom is -0.399 e. The molecule has 0 aliphatic heterocycles. The monoisotopic (exact) mass is 355 g/mol. The Morgan fingerprint density at radius 3 is 2.78 bits per heavy atom. The molecule has 0 bridgehead atoms. The second-order valence-corrected chi connectivity index (χ2v) is 6.66. The van der Waals surface area contributed by atoms with E-state index in [1.807, 2.05) is 26.1 Å². The fraction of sp³-hybridized carbons (Fsp3) is 0.100. The van der Waals surface area contributed by atoms with Crippen molar-refractivity contribution in [1.29, 1.82) is 0 Å². The summed E-state index contributed by atoms with van der Waals surface area (Å²) in [5.41, 5.74) is 13.9. The number of nitrogen functional groups attached to an aromatic ring is 1. The third-order valence-electron chi connectivity index (χ3n) is 4.84. The van der Waals surface area contributed by atoms with Crippen LogP contribution in [-0.4, -0.2) is 29.9 Å². The van der Waals surface area contributed by atoms with E-state index < -0.39 is 0 Å². The SMILES string of the molecule is Cc1nc2c(-c3ccc4ccn(C)c4c3)cc(N)cc2nc1-c1cnn[nH]1. The van der Waals surface area contributed by atoms with E-state index in [1.54, 1.807) is 6.20 Å². The Morgan fingerprint density at radius 2 is 1.96 bits per heavy atom. The first kappa shape index (κ1) is 15.5. The van der Waals surface area contributed by atoms with Crippen molar-refractivity contribution in [3.8, 4) is 22.5 Å². The molecular formula is C20H17N7. The molecular weight excluding hydrogens is 338 g/mol. The first-order valence-corrected chi connectivity index (χ1v) is 8.60.